The minimum Gasteiger partial charge on any atom is -0.493 e. The molecule has 120 valence electrons. The van der Waals surface area contributed by atoms with Crippen LogP contribution in [0.5, 0.6) is 11.5 Å². The standard InChI is InChI=1S/C19H21NO3/c1-22-17-10-15-8-9-20(13-14-6-4-3-5-7-14)19(21)12-16(15)11-18(17)23-2/h3-7,10-11H,8-9,12-13H2,1-2H3. The Bertz CT molecular complexity index is 697. The summed E-state index contributed by atoms with van der Waals surface area (Å²) < 4.78 is 10.7. The molecular weight excluding hydrogens is 290 g/mol. The van der Waals surface area contributed by atoms with E-state index in [0.29, 0.717) is 18.7 Å². The maximum Gasteiger partial charge on any atom is 0.227 e. The fourth-order valence-corrected chi connectivity index (χ4v) is 2.99. The molecule has 0 N–H and O–H groups in total. The Morgan fingerprint density at radius 2 is 1.65 bits per heavy atom. The number of nitrogens with zero attached hydrogens (tertiary/aromatic N) is 1. The largest absolute Gasteiger partial charge is 0.493 e. The predicted molar refractivity (Wildman–Crippen MR) is 88.8 cm³/mol. The molecule has 0 saturated heterocycles. The van der Waals surface area contributed by atoms with Crippen molar-refractivity contribution in [2.24, 2.45) is 0 Å². The summed E-state index contributed by atoms with van der Waals surface area (Å²) in [6.07, 6.45) is 1.23. The number of fused-ring (bicyclic) bond motifs is 1. The highest BCUT2D eigenvalue weighted by molar-refractivity contribution is 5.80. The smallest absolute Gasteiger partial charge is 0.227 e. The summed E-state index contributed by atoms with van der Waals surface area (Å²) in [6.45, 7) is 1.37. The highest BCUT2D eigenvalue weighted by atomic mass is 16.5. The molecule has 2 aromatic carbocycles. The number of hydrogen-bond acceptors (Lipinski definition) is 3. The lowest BCUT2D eigenvalue weighted by atomic mass is 10.0. The number of carbonyl (C=O) groups is 1. The topological polar surface area (TPSA) is 38.8 Å². The second-order valence-electron chi connectivity index (χ2n) is 5.70. The molecule has 0 spiro atoms. The van der Waals surface area contributed by atoms with Gasteiger partial charge < -0.3 is 14.4 Å². The Hall–Kier alpha value is -2.49. The monoisotopic (exact) mass is 311 g/mol. The molecule has 23 heavy (non-hydrogen) atoms. The van der Waals surface area contributed by atoms with Crippen molar-refractivity contribution in [3.05, 3.63) is 59.2 Å². The molecule has 0 bridgehead atoms. The molecule has 0 atom stereocenters. The number of rotatable bonds is 4. The molecule has 0 aliphatic carbocycles. The average Bonchev–Trinajstić information content (AvgIpc) is 2.73. The Morgan fingerprint density at radius 3 is 2.30 bits per heavy atom. The fraction of sp³-hybridized carbons (Fsp3) is 0.316. The Labute approximate surface area is 136 Å². The first-order valence-corrected chi connectivity index (χ1v) is 7.76. The third-order valence-electron chi connectivity index (χ3n) is 4.27. The van der Waals surface area contributed by atoms with Gasteiger partial charge in [0, 0.05) is 13.1 Å². The predicted octanol–water partition coefficient (Wildman–Crippen LogP) is 2.83. The van der Waals surface area contributed by atoms with Crippen LogP contribution in [0.1, 0.15) is 16.7 Å². The minimum atomic E-state index is 0.153. The average molecular weight is 311 g/mol. The first-order valence-electron chi connectivity index (χ1n) is 7.76. The van der Waals surface area contributed by atoms with Gasteiger partial charge in [-0.25, -0.2) is 0 Å². The summed E-state index contributed by atoms with van der Waals surface area (Å²) in [7, 11) is 3.25. The van der Waals surface area contributed by atoms with Crippen LogP contribution < -0.4 is 9.47 Å². The maximum absolute atomic E-state index is 12.6. The van der Waals surface area contributed by atoms with Crippen LogP contribution in [0.3, 0.4) is 0 Å². The van der Waals surface area contributed by atoms with Crippen molar-refractivity contribution < 1.29 is 14.3 Å². The molecular formula is C19H21NO3. The Morgan fingerprint density at radius 1 is 1.00 bits per heavy atom. The summed E-state index contributed by atoms with van der Waals surface area (Å²) in [5.74, 6) is 1.55. The quantitative estimate of drug-likeness (QED) is 0.871. The van der Waals surface area contributed by atoms with Crippen LogP contribution in [-0.2, 0) is 24.2 Å². The molecule has 1 heterocycles. The molecule has 4 nitrogen and oxygen atoms in total. The van der Waals surface area contributed by atoms with E-state index in [-0.39, 0.29) is 5.91 Å². The third kappa shape index (κ3) is 3.31. The molecule has 1 aliphatic heterocycles. The van der Waals surface area contributed by atoms with Crippen LogP contribution in [0, 0.1) is 0 Å². The van der Waals surface area contributed by atoms with Crippen LogP contribution in [0.2, 0.25) is 0 Å². The first kappa shape index (κ1) is 15.4. The van der Waals surface area contributed by atoms with Gasteiger partial charge in [0.15, 0.2) is 11.5 Å². The Balaban J connectivity index is 1.83. The SMILES string of the molecule is COc1cc2c(cc1OC)CC(=O)N(Cc1ccccc1)CC2. The lowest BCUT2D eigenvalue weighted by Crippen LogP contribution is -2.31. The Kier molecular flexibility index (Phi) is 4.51. The second kappa shape index (κ2) is 6.73. The molecule has 3 rings (SSSR count). The van der Waals surface area contributed by atoms with Gasteiger partial charge in [0.25, 0.3) is 0 Å². The van der Waals surface area contributed by atoms with Crippen LogP contribution in [0.25, 0.3) is 0 Å². The summed E-state index contributed by atoms with van der Waals surface area (Å²) in [5, 5.41) is 0. The van der Waals surface area contributed by atoms with Gasteiger partial charge in [-0.05, 0) is 35.2 Å². The number of carbonyl (C=O) groups excluding carboxylic acids is 1. The zero-order valence-corrected chi connectivity index (χ0v) is 13.5. The van der Waals surface area contributed by atoms with Crippen molar-refractivity contribution in [1.82, 2.24) is 4.90 Å². The number of ether oxygens (including phenoxy) is 2. The second-order valence-corrected chi connectivity index (χ2v) is 5.70. The third-order valence-corrected chi connectivity index (χ3v) is 4.27. The van der Waals surface area contributed by atoms with E-state index in [1.165, 1.54) is 0 Å². The van der Waals surface area contributed by atoms with E-state index in [4.69, 9.17) is 9.47 Å². The number of benzene rings is 2. The zero-order chi connectivity index (χ0) is 16.2. The van der Waals surface area contributed by atoms with Gasteiger partial charge in [0.2, 0.25) is 5.91 Å². The van der Waals surface area contributed by atoms with Crippen LogP contribution in [0.15, 0.2) is 42.5 Å². The zero-order valence-electron chi connectivity index (χ0n) is 13.5. The first-order chi connectivity index (χ1) is 11.2. The van der Waals surface area contributed by atoms with Crippen molar-refractivity contribution in [1.29, 1.82) is 0 Å². The van der Waals surface area contributed by atoms with Crippen molar-refractivity contribution in [3.63, 3.8) is 0 Å². The lowest BCUT2D eigenvalue weighted by molar-refractivity contribution is -0.130. The normalized spacial score (nSPS) is 14.2. The van der Waals surface area contributed by atoms with Crippen LogP contribution in [-0.4, -0.2) is 31.6 Å². The summed E-state index contributed by atoms with van der Waals surface area (Å²) >= 11 is 0. The molecule has 0 unspecified atom stereocenters. The minimum absolute atomic E-state index is 0.153. The summed E-state index contributed by atoms with van der Waals surface area (Å²) in [6, 6.07) is 14.0. The van der Waals surface area contributed by atoms with E-state index >= 15 is 0 Å². The van der Waals surface area contributed by atoms with Crippen molar-refractivity contribution in [3.8, 4) is 11.5 Å². The lowest BCUT2D eigenvalue weighted by Gasteiger charge is -2.20. The van der Waals surface area contributed by atoms with Gasteiger partial charge >= 0.3 is 0 Å². The van der Waals surface area contributed by atoms with Crippen molar-refractivity contribution in [2.45, 2.75) is 19.4 Å². The summed E-state index contributed by atoms with van der Waals surface area (Å²) in [5.41, 5.74) is 3.34. The maximum atomic E-state index is 12.6. The highest BCUT2D eigenvalue weighted by Crippen LogP contribution is 2.32. The van der Waals surface area contributed by atoms with Crippen LogP contribution >= 0.6 is 0 Å². The van der Waals surface area contributed by atoms with E-state index in [1.54, 1.807) is 14.2 Å². The molecule has 1 aliphatic rings. The van der Waals surface area contributed by atoms with Gasteiger partial charge in [0.05, 0.1) is 20.6 Å². The molecule has 0 fully saturated rings. The van der Waals surface area contributed by atoms with Crippen molar-refractivity contribution >= 4 is 5.91 Å². The molecule has 2 aromatic rings. The van der Waals surface area contributed by atoms with E-state index in [9.17, 15) is 4.79 Å². The van der Waals surface area contributed by atoms with Crippen molar-refractivity contribution in [2.75, 3.05) is 20.8 Å². The van der Waals surface area contributed by atoms with Gasteiger partial charge in [0.1, 0.15) is 0 Å². The number of methoxy groups -OCH3 is 2. The van der Waals surface area contributed by atoms with Gasteiger partial charge in [-0.1, -0.05) is 30.3 Å². The molecule has 0 saturated carbocycles. The van der Waals surface area contributed by atoms with E-state index < -0.39 is 0 Å². The highest BCUT2D eigenvalue weighted by Gasteiger charge is 2.22. The fourth-order valence-electron chi connectivity index (χ4n) is 2.99. The molecule has 4 heteroatoms. The van der Waals surface area contributed by atoms with Gasteiger partial charge in [-0.15, -0.1) is 0 Å². The summed E-state index contributed by atoms with van der Waals surface area (Å²) in [4.78, 5) is 14.5. The molecule has 0 aromatic heterocycles. The van der Waals surface area contributed by atoms with Crippen LogP contribution in [0.4, 0.5) is 0 Å². The van der Waals surface area contributed by atoms with E-state index in [0.717, 1.165) is 35.4 Å². The van der Waals surface area contributed by atoms with Gasteiger partial charge in [-0.2, -0.15) is 0 Å². The number of amides is 1. The molecule has 1 amide bonds. The molecule has 0 radical (unpaired) electrons. The number of hydrogen-bond donors (Lipinski definition) is 0. The van der Waals surface area contributed by atoms with E-state index in [2.05, 4.69) is 12.1 Å². The van der Waals surface area contributed by atoms with E-state index in [1.807, 2.05) is 35.2 Å². The van der Waals surface area contributed by atoms with Gasteiger partial charge in [-0.3, -0.25) is 4.79 Å².